The van der Waals surface area contributed by atoms with Gasteiger partial charge in [-0.1, -0.05) is 30.3 Å². The van der Waals surface area contributed by atoms with Gasteiger partial charge in [0.1, 0.15) is 12.4 Å². The highest BCUT2D eigenvalue weighted by atomic mass is 19.4. The lowest BCUT2D eigenvalue weighted by Gasteiger charge is -2.09. The Hall–Kier alpha value is -5.70. The van der Waals surface area contributed by atoms with Crippen LogP contribution in [0.2, 0.25) is 0 Å². The highest BCUT2D eigenvalue weighted by Gasteiger charge is 2.31. The summed E-state index contributed by atoms with van der Waals surface area (Å²) in [6.45, 7) is 0.724. The second-order valence-corrected chi connectivity index (χ2v) is 9.63. The second-order valence-electron chi connectivity index (χ2n) is 9.63. The predicted molar refractivity (Wildman–Crippen MR) is 151 cm³/mol. The zero-order chi connectivity index (χ0) is 30.0. The third kappa shape index (κ3) is 6.15. The van der Waals surface area contributed by atoms with Gasteiger partial charge in [0.25, 0.3) is 0 Å². The van der Waals surface area contributed by atoms with E-state index in [2.05, 4.69) is 15.7 Å². The first-order valence-electron chi connectivity index (χ1n) is 13.0. The van der Waals surface area contributed by atoms with Gasteiger partial charge in [0.15, 0.2) is 17.3 Å². The van der Waals surface area contributed by atoms with Gasteiger partial charge < -0.3 is 19.5 Å². The monoisotopic (exact) mass is 585 g/mol. The van der Waals surface area contributed by atoms with Crippen LogP contribution in [0.4, 0.5) is 29.5 Å². The van der Waals surface area contributed by atoms with Crippen molar-refractivity contribution in [2.24, 2.45) is 0 Å². The molecule has 0 saturated carbocycles. The van der Waals surface area contributed by atoms with Crippen molar-refractivity contribution in [2.45, 2.75) is 19.3 Å². The standard InChI is InChI=1S/C31H22F3N5O4/c32-31(33,34)22-8-10-26-25(13-22)29(37-30(40)36-23-3-1-2-21(12-23)15-35)38-39(26)16-19-4-6-20(7-5-19)17-41-24-9-11-27-28(14-24)43-18-42-27/h1-14H,16-18H2,(H2,36,37,38,40). The normalized spacial score (nSPS) is 12.1. The van der Waals surface area contributed by atoms with Crippen LogP contribution in [0.3, 0.4) is 0 Å². The number of nitrogens with one attached hydrogen (secondary N) is 2. The lowest BCUT2D eigenvalue weighted by molar-refractivity contribution is -0.137. The minimum atomic E-state index is -4.58. The Morgan fingerprint density at radius 2 is 1.74 bits per heavy atom. The minimum Gasteiger partial charge on any atom is -0.489 e. The molecule has 0 unspecified atom stereocenters. The number of urea groups is 1. The van der Waals surface area contributed by atoms with Crippen LogP contribution in [-0.2, 0) is 19.3 Å². The highest BCUT2D eigenvalue weighted by Crippen LogP contribution is 2.36. The number of amides is 2. The van der Waals surface area contributed by atoms with E-state index < -0.39 is 17.8 Å². The van der Waals surface area contributed by atoms with E-state index in [1.54, 1.807) is 36.4 Å². The third-order valence-electron chi connectivity index (χ3n) is 6.66. The molecule has 1 aliphatic heterocycles. The smallest absolute Gasteiger partial charge is 0.416 e. The van der Waals surface area contributed by atoms with E-state index in [0.29, 0.717) is 40.6 Å². The largest absolute Gasteiger partial charge is 0.489 e. The van der Waals surface area contributed by atoms with Crippen molar-refractivity contribution in [3.05, 3.63) is 107 Å². The summed E-state index contributed by atoms with van der Waals surface area (Å²) >= 11 is 0. The molecule has 0 fully saturated rings. The fraction of sp³-hybridized carbons (Fsp3) is 0.129. The summed E-state index contributed by atoms with van der Waals surface area (Å²) in [5.74, 6) is 1.89. The number of carbonyl (C=O) groups is 1. The molecule has 2 N–H and O–H groups in total. The Morgan fingerprint density at radius 3 is 2.53 bits per heavy atom. The molecule has 6 rings (SSSR count). The molecule has 2 amide bonds. The van der Waals surface area contributed by atoms with Gasteiger partial charge in [-0.15, -0.1) is 0 Å². The number of aromatic nitrogens is 2. The topological polar surface area (TPSA) is 110 Å². The van der Waals surface area contributed by atoms with Crippen LogP contribution < -0.4 is 24.8 Å². The van der Waals surface area contributed by atoms with Gasteiger partial charge in [0.2, 0.25) is 6.79 Å². The molecule has 0 bridgehead atoms. The van der Waals surface area contributed by atoms with E-state index in [-0.39, 0.29) is 24.5 Å². The van der Waals surface area contributed by atoms with Crippen LogP contribution in [0.5, 0.6) is 17.2 Å². The van der Waals surface area contributed by atoms with Crippen molar-refractivity contribution in [3.63, 3.8) is 0 Å². The highest BCUT2D eigenvalue weighted by molar-refractivity contribution is 6.04. The van der Waals surface area contributed by atoms with E-state index in [9.17, 15) is 18.0 Å². The fourth-order valence-electron chi connectivity index (χ4n) is 4.55. The lowest BCUT2D eigenvalue weighted by Crippen LogP contribution is -2.20. The number of benzene rings is 4. The Kier molecular flexibility index (Phi) is 7.21. The molecule has 0 atom stereocenters. The molecule has 0 radical (unpaired) electrons. The van der Waals surface area contributed by atoms with Crippen LogP contribution in [0.25, 0.3) is 10.9 Å². The van der Waals surface area contributed by atoms with Gasteiger partial charge in [-0.3, -0.25) is 10.00 Å². The number of carbonyl (C=O) groups excluding carboxylic acids is 1. The lowest BCUT2D eigenvalue weighted by atomic mass is 10.1. The van der Waals surface area contributed by atoms with Crippen LogP contribution in [0.15, 0.2) is 84.9 Å². The molecule has 5 aromatic rings. The first-order valence-corrected chi connectivity index (χ1v) is 13.0. The molecular weight excluding hydrogens is 563 g/mol. The SMILES string of the molecule is N#Cc1cccc(NC(=O)Nc2nn(Cc3ccc(COc4ccc5c(c4)OCO5)cc3)c3ccc(C(F)(F)F)cc23)c1. The number of ether oxygens (including phenoxy) is 3. The van der Waals surface area contributed by atoms with Gasteiger partial charge in [-0.25, -0.2) is 4.79 Å². The van der Waals surface area contributed by atoms with E-state index in [1.807, 2.05) is 30.3 Å². The predicted octanol–water partition coefficient (Wildman–Crippen LogP) is 6.93. The molecule has 4 aromatic carbocycles. The number of anilines is 2. The molecule has 0 aliphatic carbocycles. The number of hydrogen-bond acceptors (Lipinski definition) is 6. The number of hydrogen-bond donors (Lipinski definition) is 2. The van der Waals surface area contributed by atoms with Crippen molar-refractivity contribution in [3.8, 4) is 23.3 Å². The maximum Gasteiger partial charge on any atom is 0.416 e. The van der Waals surface area contributed by atoms with Gasteiger partial charge in [0, 0.05) is 17.1 Å². The number of nitriles is 1. The maximum absolute atomic E-state index is 13.5. The molecule has 2 heterocycles. The van der Waals surface area contributed by atoms with Crippen molar-refractivity contribution in [2.75, 3.05) is 17.4 Å². The number of nitrogens with zero attached hydrogens (tertiary/aromatic N) is 3. The van der Waals surface area contributed by atoms with Gasteiger partial charge in [0.05, 0.1) is 29.3 Å². The molecule has 0 spiro atoms. The maximum atomic E-state index is 13.5. The fourth-order valence-corrected chi connectivity index (χ4v) is 4.55. The molecule has 1 aliphatic rings. The number of halogens is 3. The third-order valence-corrected chi connectivity index (χ3v) is 6.66. The summed E-state index contributed by atoms with van der Waals surface area (Å²) in [4.78, 5) is 12.7. The summed E-state index contributed by atoms with van der Waals surface area (Å²) in [7, 11) is 0. The van der Waals surface area contributed by atoms with E-state index in [1.165, 1.54) is 16.8 Å². The summed E-state index contributed by atoms with van der Waals surface area (Å²) in [5, 5.41) is 18.8. The van der Waals surface area contributed by atoms with Crippen LogP contribution in [0, 0.1) is 11.3 Å². The van der Waals surface area contributed by atoms with Crippen molar-refractivity contribution in [1.29, 1.82) is 5.26 Å². The molecule has 43 heavy (non-hydrogen) atoms. The van der Waals surface area contributed by atoms with Crippen LogP contribution in [0.1, 0.15) is 22.3 Å². The van der Waals surface area contributed by atoms with Gasteiger partial charge >= 0.3 is 12.2 Å². The second kappa shape index (κ2) is 11.3. The van der Waals surface area contributed by atoms with Gasteiger partial charge in [-0.05, 0) is 59.7 Å². The van der Waals surface area contributed by atoms with Crippen LogP contribution in [-0.4, -0.2) is 22.6 Å². The Labute approximate surface area is 243 Å². The Morgan fingerprint density at radius 1 is 0.953 bits per heavy atom. The summed E-state index contributed by atoms with van der Waals surface area (Å²) in [6, 6.07) is 23.6. The van der Waals surface area contributed by atoms with Crippen molar-refractivity contribution < 1.29 is 32.2 Å². The average Bonchev–Trinajstić information content (AvgIpc) is 3.60. The Balaban J connectivity index is 1.19. The molecule has 216 valence electrons. The van der Waals surface area contributed by atoms with E-state index >= 15 is 0 Å². The zero-order valence-corrected chi connectivity index (χ0v) is 22.3. The number of rotatable bonds is 7. The quantitative estimate of drug-likeness (QED) is 0.214. The number of alkyl halides is 3. The zero-order valence-electron chi connectivity index (χ0n) is 22.3. The first-order chi connectivity index (χ1) is 20.7. The average molecular weight is 586 g/mol. The van der Waals surface area contributed by atoms with E-state index in [0.717, 1.165) is 23.3 Å². The summed E-state index contributed by atoms with van der Waals surface area (Å²) in [5.41, 5.74) is 1.97. The van der Waals surface area contributed by atoms with Crippen molar-refractivity contribution in [1.82, 2.24) is 9.78 Å². The molecule has 9 nitrogen and oxygen atoms in total. The first kappa shape index (κ1) is 27.5. The van der Waals surface area contributed by atoms with Crippen molar-refractivity contribution >= 4 is 28.4 Å². The molecular formula is C31H22F3N5O4. The summed E-state index contributed by atoms with van der Waals surface area (Å²) in [6.07, 6.45) is -4.58. The van der Waals surface area contributed by atoms with E-state index in [4.69, 9.17) is 19.5 Å². The molecule has 12 heteroatoms. The Bertz CT molecular complexity index is 1860. The van der Waals surface area contributed by atoms with Gasteiger partial charge in [-0.2, -0.15) is 23.5 Å². The summed E-state index contributed by atoms with van der Waals surface area (Å²) < 4.78 is 58.6. The molecule has 1 aromatic heterocycles. The molecule has 0 saturated heterocycles. The minimum absolute atomic E-state index is 0.0382. The number of fused-ring (bicyclic) bond motifs is 2. The van der Waals surface area contributed by atoms with Crippen LogP contribution >= 0.6 is 0 Å².